The average Bonchev–Trinajstić information content (AvgIpc) is 3.04. The lowest BCUT2D eigenvalue weighted by atomic mass is 10.2. The second-order valence-corrected chi connectivity index (χ2v) is 6.89. The van der Waals surface area contributed by atoms with Gasteiger partial charge >= 0.3 is 5.97 Å². The summed E-state index contributed by atoms with van der Waals surface area (Å²) in [5.41, 5.74) is 1.71. The maximum atomic E-state index is 10.9. The van der Waals surface area contributed by atoms with Crippen LogP contribution in [-0.4, -0.2) is 38.7 Å². The molecule has 3 aromatic rings. The summed E-state index contributed by atoms with van der Waals surface area (Å²) in [5, 5.41) is 17.9. The van der Waals surface area contributed by atoms with E-state index in [0.717, 1.165) is 33.2 Å². The number of ether oxygens (including phenoxy) is 1. The Morgan fingerprint density at radius 1 is 1.16 bits per heavy atom. The van der Waals surface area contributed by atoms with Gasteiger partial charge in [0.15, 0.2) is 11.0 Å². The summed E-state index contributed by atoms with van der Waals surface area (Å²) in [4.78, 5) is 10.9. The molecule has 1 N–H and O–H groups in total. The molecule has 3 rings (SSSR count). The Kier molecular flexibility index (Phi) is 5.40. The molecule has 0 aliphatic rings. The predicted molar refractivity (Wildman–Crippen MR) is 99.4 cm³/mol. The van der Waals surface area contributed by atoms with Crippen LogP contribution in [-0.2, 0) is 4.79 Å². The highest BCUT2D eigenvalue weighted by Crippen LogP contribution is 2.29. The van der Waals surface area contributed by atoms with Gasteiger partial charge in [-0.15, -0.1) is 10.2 Å². The summed E-state index contributed by atoms with van der Waals surface area (Å²) in [6.07, 6.45) is 0. The normalized spacial score (nSPS) is 10.6. The summed E-state index contributed by atoms with van der Waals surface area (Å²) in [6.45, 7) is 0. The lowest BCUT2D eigenvalue weighted by molar-refractivity contribution is -0.133. The second-order valence-electron chi connectivity index (χ2n) is 5.03. The molecule has 0 radical (unpaired) electrons. The third kappa shape index (κ3) is 4.02. The molecule has 6 nitrogen and oxygen atoms in total. The van der Waals surface area contributed by atoms with E-state index in [1.807, 2.05) is 53.1 Å². The van der Waals surface area contributed by atoms with E-state index in [0.29, 0.717) is 11.0 Å². The fourth-order valence-electron chi connectivity index (χ4n) is 2.24. The smallest absolute Gasteiger partial charge is 0.313 e. The highest BCUT2D eigenvalue weighted by atomic mass is 79.9. The zero-order valence-electron chi connectivity index (χ0n) is 13.2. The number of halogens is 1. The van der Waals surface area contributed by atoms with Crippen LogP contribution in [0.1, 0.15) is 0 Å². The van der Waals surface area contributed by atoms with Crippen LogP contribution in [0.15, 0.2) is 58.2 Å². The molecule has 128 valence electrons. The highest BCUT2D eigenvalue weighted by molar-refractivity contribution is 9.10. The highest BCUT2D eigenvalue weighted by Gasteiger charge is 2.17. The average molecular weight is 420 g/mol. The SMILES string of the molecule is COc1ccc(-c2nnc(SCC(=O)O)n2-c2ccc(Br)cc2)cc1. The van der Waals surface area contributed by atoms with Crippen molar-refractivity contribution in [3.8, 4) is 22.8 Å². The molecule has 8 heteroatoms. The van der Waals surface area contributed by atoms with Crippen molar-refractivity contribution >= 4 is 33.7 Å². The van der Waals surface area contributed by atoms with Crippen molar-refractivity contribution in [2.45, 2.75) is 5.16 Å². The van der Waals surface area contributed by atoms with E-state index in [4.69, 9.17) is 9.84 Å². The minimum Gasteiger partial charge on any atom is -0.497 e. The molecule has 1 heterocycles. The number of carboxylic acids is 1. The Morgan fingerprint density at radius 3 is 2.44 bits per heavy atom. The molecule has 0 aliphatic heterocycles. The molecule has 1 aromatic heterocycles. The van der Waals surface area contributed by atoms with Crippen molar-refractivity contribution < 1.29 is 14.6 Å². The van der Waals surface area contributed by atoms with Gasteiger partial charge in [-0.25, -0.2) is 0 Å². The molecular formula is C17H14BrN3O3S. The predicted octanol–water partition coefficient (Wildman–Crippen LogP) is 3.88. The fourth-order valence-corrected chi connectivity index (χ4v) is 3.18. The topological polar surface area (TPSA) is 77.2 Å². The monoisotopic (exact) mass is 419 g/mol. The van der Waals surface area contributed by atoms with E-state index in [1.54, 1.807) is 7.11 Å². The summed E-state index contributed by atoms with van der Waals surface area (Å²) in [7, 11) is 1.61. The van der Waals surface area contributed by atoms with E-state index in [9.17, 15) is 4.79 Å². The maximum Gasteiger partial charge on any atom is 0.313 e. The van der Waals surface area contributed by atoms with E-state index < -0.39 is 5.97 Å². The zero-order valence-corrected chi connectivity index (χ0v) is 15.6. The zero-order chi connectivity index (χ0) is 17.8. The van der Waals surface area contributed by atoms with Crippen molar-refractivity contribution in [1.82, 2.24) is 14.8 Å². The first kappa shape index (κ1) is 17.5. The van der Waals surface area contributed by atoms with Gasteiger partial charge in [-0.3, -0.25) is 9.36 Å². The molecule has 0 unspecified atom stereocenters. The number of aliphatic carboxylic acids is 1. The molecule has 0 atom stereocenters. The molecule has 0 amide bonds. The Morgan fingerprint density at radius 2 is 1.84 bits per heavy atom. The van der Waals surface area contributed by atoms with Crippen LogP contribution in [0.25, 0.3) is 17.1 Å². The van der Waals surface area contributed by atoms with Gasteiger partial charge in [0.25, 0.3) is 0 Å². The minimum absolute atomic E-state index is 0.0860. The van der Waals surface area contributed by atoms with E-state index >= 15 is 0 Å². The largest absolute Gasteiger partial charge is 0.497 e. The lowest BCUT2D eigenvalue weighted by Crippen LogP contribution is -2.03. The lowest BCUT2D eigenvalue weighted by Gasteiger charge is -2.10. The van der Waals surface area contributed by atoms with Crippen molar-refractivity contribution in [2.75, 3.05) is 12.9 Å². The number of methoxy groups -OCH3 is 1. The maximum absolute atomic E-state index is 10.9. The number of hydrogen-bond acceptors (Lipinski definition) is 5. The molecule has 25 heavy (non-hydrogen) atoms. The van der Waals surface area contributed by atoms with Crippen molar-refractivity contribution in [2.24, 2.45) is 0 Å². The number of aromatic nitrogens is 3. The van der Waals surface area contributed by atoms with Crippen molar-refractivity contribution in [3.05, 3.63) is 53.0 Å². The summed E-state index contributed by atoms with van der Waals surface area (Å²) in [6, 6.07) is 15.2. The first-order valence-electron chi connectivity index (χ1n) is 7.29. The van der Waals surface area contributed by atoms with Gasteiger partial charge in [0.05, 0.1) is 12.9 Å². The van der Waals surface area contributed by atoms with Crippen molar-refractivity contribution in [3.63, 3.8) is 0 Å². The second kappa shape index (κ2) is 7.71. The van der Waals surface area contributed by atoms with Gasteiger partial charge in [0.2, 0.25) is 0 Å². The Balaban J connectivity index is 2.07. The van der Waals surface area contributed by atoms with Gasteiger partial charge in [-0.05, 0) is 48.5 Å². The third-order valence-corrected chi connectivity index (χ3v) is 4.83. The molecule has 0 fully saturated rings. The molecule has 0 aliphatic carbocycles. The van der Waals surface area contributed by atoms with Gasteiger partial charge in [-0.2, -0.15) is 0 Å². The van der Waals surface area contributed by atoms with Gasteiger partial charge in [-0.1, -0.05) is 27.7 Å². The van der Waals surface area contributed by atoms with Crippen LogP contribution < -0.4 is 4.74 Å². The first-order chi connectivity index (χ1) is 12.1. The fraction of sp³-hybridized carbons (Fsp3) is 0.118. The standard InChI is InChI=1S/C17H14BrN3O3S/c1-24-14-8-2-11(3-9-14)16-19-20-17(25-10-15(22)23)21(16)13-6-4-12(18)5-7-13/h2-9H,10H2,1H3,(H,22,23). The van der Waals surface area contributed by atoms with Crippen LogP contribution in [0.5, 0.6) is 5.75 Å². The number of nitrogens with zero attached hydrogens (tertiary/aromatic N) is 3. The number of carbonyl (C=O) groups is 1. The minimum atomic E-state index is -0.902. The number of carboxylic acid groups (broad SMARTS) is 1. The van der Waals surface area contributed by atoms with Gasteiger partial charge < -0.3 is 9.84 Å². The number of thioether (sulfide) groups is 1. The molecule has 0 spiro atoms. The van der Waals surface area contributed by atoms with Crippen molar-refractivity contribution in [1.29, 1.82) is 0 Å². The van der Waals surface area contributed by atoms with Crippen LogP contribution in [0.3, 0.4) is 0 Å². The van der Waals surface area contributed by atoms with E-state index in [1.165, 1.54) is 0 Å². The van der Waals surface area contributed by atoms with E-state index in [-0.39, 0.29) is 5.75 Å². The van der Waals surface area contributed by atoms with Gasteiger partial charge in [0.1, 0.15) is 5.75 Å². The molecule has 0 saturated carbocycles. The van der Waals surface area contributed by atoms with Crippen LogP contribution in [0, 0.1) is 0 Å². The Labute approximate surface area is 157 Å². The van der Waals surface area contributed by atoms with E-state index in [2.05, 4.69) is 26.1 Å². The first-order valence-corrected chi connectivity index (χ1v) is 9.06. The van der Waals surface area contributed by atoms with Crippen LogP contribution in [0.2, 0.25) is 0 Å². The quantitative estimate of drug-likeness (QED) is 0.610. The molecule has 2 aromatic carbocycles. The Hall–Kier alpha value is -2.32. The summed E-state index contributed by atoms with van der Waals surface area (Å²) < 4.78 is 7.99. The summed E-state index contributed by atoms with van der Waals surface area (Å²) in [5.74, 6) is 0.398. The van der Waals surface area contributed by atoms with Crippen LogP contribution >= 0.6 is 27.7 Å². The van der Waals surface area contributed by atoms with Crippen LogP contribution in [0.4, 0.5) is 0 Å². The molecule has 0 bridgehead atoms. The number of benzene rings is 2. The molecular weight excluding hydrogens is 406 g/mol. The summed E-state index contributed by atoms with van der Waals surface area (Å²) >= 11 is 4.55. The number of rotatable bonds is 6. The number of hydrogen-bond donors (Lipinski definition) is 1. The third-order valence-electron chi connectivity index (χ3n) is 3.39. The Bertz CT molecular complexity index is 879. The molecule has 0 saturated heterocycles. The van der Waals surface area contributed by atoms with Gasteiger partial charge in [0, 0.05) is 15.7 Å².